The summed E-state index contributed by atoms with van der Waals surface area (Å²) in [6, 6.07) is 16.5. The van der Waals surface area contributed by atoms with Crippen LogP contribution in [-0.4, -0.2) is 11.0 Å². The summed E-state index contributed by atoms with van der Waals surface area (Å²) >= 11 is 3.74. The topological polar surface area (TPSA) is 46.2 Å². The molecule has 0 saturated carbocycles. The largest absolute Gasteiger partial charge is 0.322 e. The van der Waals surface area contributed by atoms with E-state index in [1.165, 1.54) is 0 Å². The molecule has 2 aromatic rings. The van der Waals surface area contributed by atoms with Crippen LogP contribution >= 0.6 is 12.6 Å². The van der Waals surface area contributed by atoms with Crippen molar-refractivity contribution in [3.8, 4) is 0 Å². The predicted molar refractivity (Wildman–Crippen MR) is 83.2 cm³/mol. The summed E-state index contributed by atoms with van der Waals surface area (Å²) in [5.74, 6) is -0.135. The molecule has 0 fully saturated rings. The molecule has 0 aliphatic heterocycles. The molecule has 0 atom stereocenters. The summed E-state index contributed by atoms with van der Waals surface area (Å²) in [6.45, 7) is 0. The molecule has 0 radical (unpaired) electrons. The molecule has 1 amide bonds. The van der Waals surface area contributed by atoms with Gasteiger partial charge in [0, 0.05) is 17.7 Å². The van der Waals surface area contributed by atoms with Crippen LogP contribution in [0.1, 0.15) is 22.3 Å². The molecule has 0 aliphatic carbocycles. The van der Waals surface area contributed by atoms with Gasteiger partial charge in [0.25, 0.3) is 5.91 Å². The van der Waals surface area contributed by atoms with E-state index >= 15 is 0 Å². The first-order valence-corrected chi connectivity index (χ1v) is 6.77. The van der Waals surface area contributed by atoms with E-state index in [4.69, 9.17) is 0 Å². The lowest BCUT2D eigenvalue weighted by Gasteiger charge is -2.06. The van der Waals surface area contributed by atoms with Crippen molar-refractivity contribution in [1.29, 1.82) is 0 Å². The molecule has 4 heteroatoms. The fraction of sp³-hybridized carbons (Fsp3) is 0.125. The van der Waals surface area contributed by atoms with Crippen molar-refractivity contribution in [3.63, 3.8) is 0 Å². The van der Waals surface area contributed by atoms with Gasteiger partial charge in [0.05, 0.1) is 0 Å². The Balaban J connectivity index is 1.97. The highest BCUT2D eigenvalue weighted by Crippen LogP contribution is 2.13. The van der Waals surface area contributed by atoms with Gasteiger partial charge in [-0.15, -0.1) is 12.6 Å². The van der Waals surface area contributed by atoms with Gasteiger partial charge in [-0.25, -0.2) is 0 Å². The van der Waals surface area contributed by atoms with Crippen LogP contribution in [0.25, 0.3) is 0 Å². The maximum absolute atomic E-state index is 11.9. The highest BCUT2D eigenvalue weighted by Gasteiger charge is 2.05. The summed E-state index contributed by atoms with van der Waals surface area (Å²) in [5, 5.41) is 2.71. The fourth-order valence-corrected chi connectivity index (χ4v) is 1.91. The predicted octanol–water partition coefficient (Wildman–Crippen LogP) is 3.33. The average molecular weight is 285 g/mol. The van der Waals surface area contributed by atoms with Gasteiger partial charge >= 0.3 is 0 Å². The number of hydrogen-bond donors (Lipinski definition) is 2. The number of aryl methyl sites for hydroxylation is 1. The standard InChI is InChI=1S/C16H15NO2S/c18-15(20)11-8-12-6-9-14(10-7-12)17-16(19)13-4-2-1-3-5-13/h1-7,9-10H,8,11H2,(H,17,19)(H,18,20). The number of carbonyl (C=O) groups excluding carboxylic acids is 2. The quantitative estimate of drug-likeness (QED) is 0.828. The zero-order valence-corrected chi connectivity index (χ0v) is 11.8. The number of anilines is 1. The van der Waals surface area contributed by atoms with Crippen molar-refractivity contribution in [2.45, 2.75) is 12.8 Å². The lowest BCUT2D eigenvalue weighted by atomic mass is 10.1. The van der Waals surface area contributed by atoms with Crippen molar-refractivity contribution in [2.24, 2.45) is 0 Å². The maximum atomic E-state index is 11.9. The molecule has 3 nitrogen and oxygen atoms in total. The molecule has 0 unspecified atom stereocenters. The van der Waals surface area contributed by atoms with Crippen LogP contribution < -0.4 is 5.32 Å². The Hall–Kier alpha value is -2.07. The normalized spacial score (nSPS) is 10.1. The first-order chi connectivity index (χ1) is 9.65. The van der Waals surface area contributed by atoms with Crippen molar-refractivity contribution in [2.75, 3.05) is 5.32 Å². The van der Waals surface area contributed by atoms with E-state index in [1.54, 1.807) is 12.1 Å². The molecule has 0 heterocycles. The van der Waals surface area contributed by atoms with Gasteiger partial charge < -0.3 is 5.32 Å². The number of amides is 1. The SMILES string of the molecule is O=C(S)CCc1ccc(NC(=O)c2ccccc2)cc1. The van der Waals surface area contributed by atoms with Crippen molar-refractivity contribution >= 4 is 29.3 Å². The lowest BCUT2D eigenvalue weighted by molar-refractivity contribution is -0.110. The molecule has 0 bridgehead atoms. The Kier molecular flexibility index (Phi) is 4.96. The van der Waals surface area contributed by atoms with Gasteiger partial charge in [-0.05, 0) is 36.2 Å². The van der Waals surface area contributed by atoms with E-state index in [9.17, 15) is 9.59 Å². The van der Waals surface area contributed by atoms with Gasteiger partial charge in [-0.3, -0.25) is 9.59 Å². The molecule has 1 N–H and O–H groups in total. The first-order valence-electron chi connectivity index (χ1n) is 6.32. The molecule has 0 spiro atoms. The minimum absolute atomic E-state index is 0.119. The summed E-state index contributed by atoms with van der Waals surface area (Å²) in [6.07, 6.45) is 1.08. The van der Waals surface area contributed by atoms with E-state index in [1.807, 2.05) is 42.5 Å². The first kappa shape index (κ1) is 14.3. The van der Waals surface area contributed by atoms with Crippen LogP contribution in [0.4, 0.5) is 5.69 Å². The number of thiol groups is 1. The lowest BCUT2D eigenvalue weighted by Crippen LogP contribution is -2.11. The number of benzene rings is 2. The van der Waals surface area contributed by atoms with E-state index in [0.29, 0.717) is 18.4 Å². The second-order valence-corrected chi connectivity index (χ2v) is 4.91. The van der Waals surface area contributed by atoms with Gasteiger partial charge in [-0.1, -0.05) is 30.3 Å². The van der Waals surface area contributed by atoms with Crippen LogP contribution in [0, 0.1) is 0 Å². The molecule has 20 heavy (non-hydrogen) atoms. The van der Waals surface area contributed by atoms with E-state index in [2.05, 4.69) is 17.9 Å². The molecule has 0 saturated heterocycles. The molecule has 2 aromatic carbocycles. The average Bonchev–Trinajstić information content (AvgIpc) is 2.47. The van der Waals surface area contributed by atoms with Crippen LogP contribution in [0.15, 0.2) is 54.6 Å². The molecule has 0 aliphatic rings. The third-order valence-electron chi connectivity index (χ3n) is 2.88. The van der Waals surface area contributed by atoms with E-state index in [0.717, 1.165) is 11.3 Å². The molecule has 102 valence electrons. The zero-order valence-electron chi connectivity index (χ0n) is 10.9. The summed E-state index contributed by atoms with van der Waals surface area (Å²) < 4.78 is 0. The second-order valence-electron chi connectivity index (χ2n) is 4.41. The Morgan fingerprint density at radius 3 is 2.20 bits per heavy atom. The van der Waals surface area contributed by atoms with Crippen molar-refractivity contribution in [3.05, 3.63) is 65.7 Å². The Labute approximate surface area is 123 Å². The Bertz CT molecular complexity index is 594. The van der Waals surface area contributed by atoms with Gasteiger partial charge in [0.2, 0.25) is 0 Å². The zero-order chi connectivity index (χ0) is 14.4. The van der Waals surface area contributed by atoms with Crippen LogP contribution in [-0.2, 0) is 11.2 Å². The van der Waals surface area contributed by atoms with E-state index < -0.39 is 0 Å². The molecular formula is C16H15NO2S. The summed E-state index contributed by atoms with van der Waals surface area (Å²) in [5.41, 5.74) is 2.40. The van der Waals surface area contributed by atoms with E-state index in [-0.39, 0.29) is 11.0 Å². The number of carbonyl (C=O) groups is 2. The van der Waals surface area contributed by atoms with Crippen molar-refractivity contribution in [1.82, 2.24) is 0 Å². The number of hydrogen-bond acceptors (Lipinski definition) is 2. The molecular weight excluding hydrogens is 270 g/mol. The monoisotopic (exact) mass is 285 g/mol. The minimum atomic E-state index is -0.135. The van der Waals surface area contributed by atoms with Gasteiger partial charge in [0.15, 0.2) is 5.12 Å². The minimum Gasteiger partial charge on any atom is -0.322 e. The smallest absolute Gasteiger partial charge is 0.255 e. The molecule has 0 aromatic heterocycles. The third-order valence-corrected chi connectivity index (χ3v) is 3.10. The van der Waals surface area contributed by atoms with Gasteiger partial charge in [-0.2, -0.15) is 0 Å². The Morgan fingerprint density at radius 1 is 0.950 bits per heavy atom. The van der Waals surface area contributed by atoms with Crippen LogP contribution in [0.5, 0.6) is 0 Å². The van der Waals surface area contributed by atoms with Crippen LogP contribution in [0.3, 0.4) is 0 Å². The van der Waals surface area contributed by atoms with Gasteiger partial charge in [0.1, 0.15) is 0 Å². The maximum Gasteiger partial charge on any atom is 0.255 e. The highest BCUT2D eigenvalue weighted by molar-refractivity contribution is 7.96. The summed E-state index contributed by atoms with van der Waals surface area (Å²) in [7, 11) is 0. The van der Waals surface area contributed by atoms with Crippen LogP contribution in [0.2, 0.25) is 0 Å². The second kappa shape index (κ2) is 6.91. The molecule has 2 rings (SSSR count). The Morgan fingerprint density at radius 2 is 1.60 bits per heavy atom. The number of nitrogens with one attached hydrogen (secondary N) is 1. The fourth-order valence-electron chi connectivity index (χ4n) is 1.80. The number of rotatable bonds is 5. The highest BCUT2D eigenvalue weighted by atomic mass is 32.1. The summed E-state index contributed by atoms with van der Waals surface area (Å²) in [4.78, 5) is 22.7. The van der Waals surface area contributed by atoms with Crippen molar-refractivity contribution < 1.29 is 9.59 Å². The third kappa shape index (κ3) is 4.24.